The third-order valence-electron chi connectivity index (χ3n) is 6.23. The summed E-state index contributed by atoms with van der Waals surface area (Å²) in [4.78, 5) is 53.4. The Balaban J connectivity index is 0.000000807. The van der Waals surface area contributed by atoms with E-state index in [0.29, 0.717) is 15.6 Å². The summed E-state index contributed by atoms with van der Waals surface area (Å²) in [6.07, 6.45) is 8.52. The number of carbonyl (C=O) groups is 2. The molecule has 0 saturated heterocycles. The van der Waals surface area contributed by atoms with Crippen molar-refractivity contribution in [1.29, 1.82) is 0 Å². The highest BCUT2D eigenvalue weighted by Gasteiger charge is 2.22. The van der Waals surface area contributed by atoms with E-state index in [1.807, 2.05) is 23.5 Å². The van der Waals surface area contributed by atoms with Gasteiger partial charge in [0.25, 0.3) is 0 Å². The van der Waals surface area contributed by atoms with Crippen molar-refractivity contribution in [2.75, 3.05) is 67.2 Å². The molecule has 2 aromatic carbocycles. The zero-order valence-corrected chi connectivity index (χ0v) is 36.1. The molecule has 0 aliphatic rings. The van der Waals surface area contributed by atoms with Crippen LogP contribution in [-0.2, 0) is 52.7 Å². The molecule has 1 amide bonds. The number of ether oxygens (including phenoxy) is 1. The SMILES string of the molecule is CCc1cccc(CC)c1N(COC)C(=O)CCl.C[S+](C)C.Cc1nn(-c2cc(NS(C)(=O)=O)c(Cl)cc2Cl)c(=O)n1C(F)F.O=C(O)CNCP(=O)([O-])O. The Morgan fingerprint density at radius 1 is 1.13 bits per heavy atom. The number of amides is 1. The molecule has 3 rings (SSSR count). The lowest BCUT2D eigenvalue weighted by molar-refractivity contribution is -0.193. The highest BCUT2D eigenvalue weighted by molar-refractivity contribution is 7.94. The molecule has 0 radical (unpaired) electrons. The van der Waals surface area contributed by atoms with Crippen LogP contribution in [0.15, 0.2) is 35.1 Å². The van der Waals surface area contributed by atoms with E-state index in [2.05, 4.69) is 42.4 Å². The monoisotopic (exact) mass is 900 g/mol. The minimum absolute atomic E-state index is 0.0257. The number of benzene rings is 2. The molecule has 0 spiro atoms. The maximum Gasteiger partial charge on any atom is 0.355 e. The second kappa shape index (κ2) is 24.8. The Labute approximate surface area is 336 Å². The van der Waals surface area contributed by atoms with Crippen molar-refractivity contribution >= 4 is 86.6 Å². The quantitative estimate of drug-likeness (QED) is 0.0778. The van der Waals surface area contributed by atoms with Crippen LogP contribution >= 0.6 is 42.4 Å². The van der Waals surface area contributed by atoms with E-state index in [0.717, 1.165) is 42.0 Å². The molecule has 1 atom stereocenters. The summed E-state index contributed by atoms with van der Waals surface area (Å²) in [6, 6.07) is 8.42. The first-order chi connectivity index (χ1) is 25.3. The highest BCUT2D eigenvalue weighted by atomic mass is 35.5. The second-order valence-corrected chi connectivity index (χ2v) is 18.3. The van der Waals surface area contributed by atoms with E-state index in [4.69, 9.17) is 49.5 Å². The summed E-state index contributed by atoms with van der Waals surface area (Å²) >= 11 is 17.5. The number of rotatable bonds is 14. The second-order valence-electron chi connectivity index (χ2n) is 11.4. The normalized spacial score (nSPS) is 12.0. The molecule has 1 unspecified atom stereocenters. The number of aryl methyl sites for hydroxylation is 3. The van der Waals surface area contributed by atoms with Crippen LogP contribution in [0.25, 0.3) is 5.69 Å². The number of para-hydroxylation sites is 1. The molecule has 3 aromatic rings. The maximum absolute atomic E-state index is 12.8. The summed E-state index contributed by atoms with van der Waals surface area (Å²) < 4.78 is 66.3. The predicted molar refractivity (Wildman–Crippen MR) is 213 cm³/mol. The summed E-state index contributed by atoms with van der Waals surface area (Å²) in [5.41, 5.74) is 1.97. The van der Waals surface area contributed by atoms with Crippen molar-refractivity contribution in [3.05, 3.63) is 67.8 Å². The number of alkyl halides is 3. The third-order valence-corrected chi connectivity index (χ3v) is 8.29. The third kappa shape index (κ3) is 19.3. The van der Waals surface area contributed by atoms with E-state index in [9.17, 15) is 41.0 Å². The Morgan fingerprint density at radius 2 is 1.65 bits per heavy atom. The lowest BCUT2D eigenvalue weighted by Gasteiger charge is -2.26. The van der Waals surface area contributed by atoms with E-state index in [-0.39, 0.29) is 50.3 Å². The number of methoxy groups -OCH3 is 1. The molecule has 312 valence electrons. The Hall–Kier alpha value is -2.78. The molecule has 55 heavy (non-hydrogen) atoms. The minimum Gasteiger partial charge on any atom is -0.778 e. The van der Waals surface area contributed by atoms with Crippen LogP contribution in [0.2, 0.25) is 10.0 Å². The zero-order chi connectivity index (χ0) is 42.8. The summed E-state index contributed by atoms with van der Waals surface area (Å²) in [5, 5.41) is 13.6. The van der Waals surface area contributed by atoms with Gasteiger partial charge in [0, 0.05) is 7.11 Å². The first-order valence-corrected chi connectivity index (χ1v) is 23.1. The van der Waals surface area contributed by atoms with Gasteiger partial charge in [0.1, 0.15) is 26.0 Å². The summed E-state index contributed by atoms with van der Waals surface area (Å²) in [6.45, 7) is 2.06. The van der Waals surface area contributed by atoms with E-state index in [1.54, 1.807) is 12.0 Å². The van der Waals surface area contributed by atoms with Gasteiger partial charge in [-0.15, -0.1) is 16.7 Å². The molecule has 1 heterocycles. The van der Waals surface area contributed by atoms with Gasteiger partial charge in [-0.05, 0) is 53.9 Å². The fourth-order valence-electron chi connectivity index (χ4n) is 4.16. The van der Waals surface area contributed by atoms with Crippen LogP contribution in [0.1, 0.15) is 37.3 Å². The predicted octanol–water partition coefficient (Wildman–Crippen LogP) is 4.06. The van der Waals surface area contributed by atoms with Crippen molar-refractivity contribution in [3.8, 4) is 5.69 Å². The number of aromatic nitrogens is 3. The molecule has 0 aliphatic heterocycles. The van der Waals surface area contributed by atoms with Crippen molar-refractivity contribution in [3.63, 3.8) is 0 Å². The number of sulfonamides is 1. The number of anilines is 2. The molecule has 16 nitrogen and oxygen atoms in total. The van der Waals surface area contributed by atoms with Crippen LogP contribution < -0.4 is 25.5 Å². The number of aliphatic carboxylic acids is 1. The van der Waals surface area contributed by atoms with Gasteiger partial charge in [-0.3, -0.25) is 24.5 Å². The van der Waals surface area contributed by atoms with Crippen molar-refractivity contribution in [2.24, 2.45) is 0 Å². The fraction of sp³-hybridized carbons (Fsp3) is 0.484. The largest absolute Gasteiger partial charge is 0.778 e. The van der Waals surface area contributed by atoms with Crippen molar-refractivity contribution in [2.45, 2.75) is 40.2 Å². The standard InChI is InChI=1S/C14H20ClNO2.C11H10Cl2F2N4O3S.C3H8NO5P.C3H9S/c1-4-11-7-6-8-12(5-2)14(11)16(10-18-3)13(17)9-15;1-5-16-19(11(20)18(5)10(14)15)9-4-8(17-23(2,21)22)6(12)3-7(9)13;5-3(6)1-4-2-10(7,8)9;1-4(2)3/h6-8H,4-5,9-10H2,1-3H3;3-4,10,17H,1-2H3;4H,1-2H2,(H,5,6)(H2,7,8,9);1-3H3/q;;;+1/p-1. The van der Waals surface area contributed by atoms with Gasteiger partial charge < -0.3 is 24.2 Å². The number of carboxylic acid groups (broad SMARTS) is 1. The number of nitrogens with zero attached hydrogens (tertiary/aromatic N) is 4. The average Bonchev–Trinajstić information content (AvgIpc) is 3.36. The molecule has 0 fully saturated rings. The van der Waals surface area contributed by atoms with Gasteiger partial charge in [-0.1, -0.05) is 55.2 Å². The first-order valence-electron chi connectivity index (χ1n) is 15.7. The Kier molecular flexibility index (Phi) is 23.5. The number of hydrogen-bond acceptors (Lipinski definition) is 10. The zero-order valence-electron chi connectivity index (χ0n) is 31.3. The minimum atomic E-state index is -4.35. The van der Waals surface area contributed by atoms with E-state index < -0.39 is 48.7 Å². The molecule has 0 aliphatic carbocycles. The molecule has 0 bridgehead atoms. The summed E-state index contributed by atoms with van der Waals surface area (Å²) in [5.74, 6) is -1.57. The number of halogens is 5. The lowest BCUT2D eigenvalue weighted by atomic mass is 10.0. The van der Waals surface area contributed by atoms with Crippen LogP contribution in [0.4, 0.5) is 20.2 Å². The van der Waals surface area contributed by atoms with Crippen molar-refractivity contribution < 1.29 is 51.0 Å². The highest BCUT2D eigenvalue weighted by Crippen LogP contribution is 2.32. The van der Waals surface area contributed by atoms with Crippen molar-refractivity contribution in [1.82, 2.24) is 19.7 Å². The van der Waals surface area contributed by atoms with Crippen LogP contribution in [0, 0.1) is 6.92 Å². The molecule has 4 N–H and O–H groups in total. The van der Waals surface area contributed by atoms with Gasteiger partial charge in [0.15, 0.2) is 0 Å². The molecule has 0 saturated carbocycles. The van der Waals surface area contributed by atoms with Gasteiger partial charge in [-0.25, -0.2) is 17.8 Å². The lowest BCUT2D eigenvalue weighted by Crippen LogP contribution is -2.35. The Morgan fingerprint density at radius 3 is 2.04 bits per heavy atom. The molecular formula is C31H46Cl3F2N6O10PS2. The number of carboxylic acids is 1. The van der Waals surface area contributed by atoms with Gasteiger partial charge in [0.2, 0.25) is 15.9 Å². The maximum atomic E-state index is 12.8. The van der Waals surface area contributed by atoms with E-state index >= 15 is 0 Å². The van der Waals surface area contributed by atoms with Crippen LogP contribution in [0.3, 0.4) is 0 Å². The first kappa shape index (κ1) is 52.2. The molecule has 1 aromatic heterocycles. The number of nitrogens with one attached hydrogen (secondary N) is 2. The van der Waals surface area contributed by atoms with Crippen LogP contribution in [-0.4, -0.2) is 102 Å². The fourth-order valence-corrected chi connectivity index (χ4v) is 5.84. The molecule has 24 heteroatoms. The average molecular weight is 902 g/mol. The van der Waals surface area contributed by atoms with Gasteiger partial charge in [0.05, 0.1) is 65.0 Å². The van der Waals surface area contributed by atoms with Crippen LogP contribution in [0.5, 0.6) is 0 Å². The topological polar surface area (TPSA) is 225 Å². The molecular weight excluding hydrogens is 856 g/mol. The number of carbonyl (C=O) groups excluding carboxylic acids is 1. The summed E-state index contributed by atoms with van der Waals surface area (Å²) in [7, 11) is -5.78. The van der Waals surface area contributed by atoms with E-state index in [1.165, 1.54) is 13.0 Å². The van der Waals surface area contributed by atoms with Gasteiger partial charge >= 0.3 is 18.2 Å². The van der Waals surface area contributed by atoms with Gasteiger partial charge in [-0.2, -0.15) is 13.5 Å². The smallest absolute Gasteiger partial charge is 0.355 e. The number of hydrogen-bond donors (Lipinski definition) is 4. The Bertz CT molecular complexity index is 1910.